The highest BCUT2D eigenvalue weighted by Gasteiger charge is 2.38. The summed E-state index contributed by atoms with van der Waals surface area (Å²) in [5.41, 5.74) is 1.13. The molecule has 0 aromatic carbocycles. The fourth-order valence-corrected chi connectivity index (χ4v) is 3.61. The van der Waals surface area contributed by atoms with Crippen LogP contribution in [0.4, 0.5) is 5.69 Å². The van der Waals surface area contributed by atoms with Gasteiger partial charge in [0.2, 0.25) is 0 Å². The number of halogens is 1. The Morgan fingerprint density at radius 2 is 2.06 bits per heavy atom. The number of hydrogen-bond acceptors (Lipinski definition) is 3. The van der Waals surface area contributed by atoms with Crippen LogP contribution in [0.5, 0.6) is 0 Å². The molecule has 92 valence electrons. The molecule has 2 fully saturated rings. The van der Waals surface area contributed by atoms with E-state index in [0.717, 1.165) is 22.4 Å². The molecule has 2 atom stereocenters. The van der Waals surface area contributed by atoms with E-state index in [0.29, 0.717) is 6.04 Å². The quantitative estimate of drug-likeness (QED) is 0.851. The van der Waals surface area contributed by atoms with Crippen LogP contribution < -0.4 is 5.32 Å². The minimum atomic E-state index is 0.601. The highest BCUT2D eigenvalue weighted by Crippen LogP contribution is 2.35. The first-order valence-electron chi connectivity index (χ1n) is 6.33. The van der Waals surface area contributed by atoms with Crippen LogP contribution in [0.1, 0.15) is 25.7 Å². The van der Waals surface area contributed by atoms with E-state index in [-0.39, 0.29) is 0 Å². The van der Waals surface area contributed by atoms with Gasteiger partial charge in [-0.25, -0.2) is 4.98 Å². The maximum atomic E-state index is 4.26. The molecule has 0 saturated carbocycles. The zero-order valence-corrected chi connectivity index (χ0v) is 11.7. The summed E-state index contributed by atoms with van der Waals surface area (Å²) in [7, 11) is 2.28. The number of nitrogens with zero attached hydrogens (tertiary/aromatic N) is 2. The minimum Gasteiger partial charge on any atom is -0.380 e. The summed E-state index contributed by atoms with van der Waals surface area (Å²) in [5, 5.41) is 3.63. The Kier molecular flexibility index (Phi) is 3.09. The molecule has 2 saturated heterocycles. The molecule has 2 bridgehead atoms. The number of aromatic nitrogens is 1. The van der Waals surface area contributed by atoms with Gasteiger partial charge in [-0.1, -0.05) is 0 Å². The number of anilines is 1. The Morgan fingerprint density at radius 3 is 2.71 bits per heavy atom. The van der Waals surface area contributed by atoms with Crippen LogP contribution >= 0.6 is 15.9 Å². The van der Waals surface area contributed by atoms with E-state index in [1.807, 2.05) is 12.3 Å². The van der Waals surface area contributed by atoms with Gasteiger partial charge in [0, 0.05) is 24.3 Å². The number of fused-ring (bicyclic) bond motifs is 2. The van der Waals surface area contributed by atoms with Crippen LogP contribution in [0.15, 0.2) is 22.9 Å². The molecule has 0 aliphatic carbocycles. The Morgan fingerprint density at radius 1 is 1.35 bits per heavy atom. The van der Waals surface area contributed by atoms with Crippen LogP contribution in [-0.2, 0) is 0 Å². The van der Waals surface area contributed by atoms with Crippen LogP contribution in [0.25, 0.3) is 0 Å². The normalized spacial score (nSPS) is 32.7. The van der Waals surface area contributed by atoms with Gasteiger partial charge in [-0.05, 0) is 60.8 Å². The lowest BCUT2D eigenvalue weighted by Gasteiger charge is -2.37. The van der Waals surface area contributed by atoms with Gasteiger partial charge < -0.3 is 10.2 Å². The molecule has 2 aliphatic rings. The Labute approximate surface area is 111 Å². The molecule has 3 nitrogen and oxygen atoms in total. The fourth-order valence-electron chi connectivity index (χ4n) is 3.24. The fraction of sp³-hybridized carbons (Fsp3) is 0.615. The van der Waals surface area contributed by atoms with Crippen molar-refractivity contribution in [2.75, 3.05) is 12.4 Å². The number of pyridine rings is 1. The van der Waals surface area contributed by atoms with Crippen LogP contribution in [0.2, 0.25) is 0 Å². The van der Waals surface area contributed by atoms with Gasteiger partial charge in [0.05, 0.1) is 5.69 Å². The molecule has 0 spiro atoms. The highest BCUT2D eigenvalue weighted by molar-refractivity contribution is 9.10. The van der Waals surface area contributed by atoms with Crippen LogP contribution in [-0.4, -0.2) is 35.1 Å². The molecule has 0 amide bonds. The number of nitrogens with one attached hydrogen (secondary N) is 1. The standard InChI is InChI=1S/C13H18BrN3/c1-17-10-4-5-11(17)8-9(7-10)16-12-3-2-6-15-13(12)14/h2-3,6,9-11,16H,4-5,7-8H2,1H3. The maximum Gasteiger partial charge on any atom is 0.129 e. The number of hydrogen-bond donors (Lipinski definition) is 1. The second kappa shape index (κ2) is 4.58. The number of rotatable bonds is 2. The number of piperidine rings is 1. The van der Waals surface area contributed by atoms with Crippen molar-refractivity contribution in [2.24, 2.45) is 0 Å². The summed E-state index contributed by atoms with van der Waals surface area (Å²) >= 11 is 3.50. The van der Waals surface area contributed by atoms with Gasteiger partial charge >= 0.3 is 0 Å². The van der Waals surface area contributed by atoms with Crippen LogP contribution in [0.3, 0.4) is 0 Å². The Bertz CT molecular complexity index is 395. The molecule has 1 aromatic rings. The first-order valence-corrected chi connectivity index (χ1v) is 7.12. The third-order valence-electron chi connectivity index (χ3n) is 4.22. The summed E-state index contributed by atoms with van der Waals surface area (Å²) in [6, 6.07) is 6.24. The predicted molar refractivity (Wildman–Crippen MR) is 73.2 cm³/mol. The van der Waals surface area contributed by atoms with Crippen LogP contribution in [0, 0.1) is 0 Å². The smallest absolute Gasteiger partial charge is 0.129 e. The Balaban J connectivity index is 1.70. The van der Waals surface area contributed by atoms with E-state index in [4.69, 9.17) is 0 Å². The highest BCUT2D eigenvalue weighted by atomic mass is 79.9. The summed E-state index contributed by atoms with van der Waals surface area (Å²) in [6.07, 6.45) is 7.07. The third-order valence-corrected chi connectivity index (χ3v) is 4.85. The van der Waals surface area contributed by atoms with E-state index >= 15 is 0 Å². The van der Waals surface area contributed by atoms with Gasteiger partial charge in [-0.15, -0.1) is 0 Å². The van der Waals surface area contributed by atoms with Crippen molar-refractivity contribution in [1.29, 1.82) is 0 Å². The molecule has 17 heavy (non-hydrogen) atoms. The summed E-state index contributed by atoms with van der Waals surface area (Å²) in [6.45, 7) is 0. The van der Waals surface area contributed by atoms with Gasteiger partial charge in [0.1, 0.15) is 4.60 Å². The van der Waals surface area contributed by atoms with Crippen molar-refractivity contribution < 1.29 is 0 Å². The van der Waals surface area contributed by atoms with Gasteiger partial charge in [0.25, 0.3) is 0 Å². The van der Waals surface area contributed by atoms with Gasteiger partial charge in [-0.3, -0.25) is 0 Å². The average molecular weight is 296 g/mol. The zero-order chi connectivity index (χ0) is 11.8. The zero-order valence-electron chi connectivity index (χ0n) is 10.1. The van der Waals surface area contributed by atoms with E-state index < -0.39 is 0 Å². The molecule has 3 rings (SSSR count). The lowest BCUT2D eigenvalue weighted by molar-refractivity contribution is 0.169. The first kappa shape index (κ1) is 11.5. The van der Waals surface area contributed by atoms with Crippen molar-refractivity contribution in [3.63, 3.8) is 0 Å². The maximum absolute atomic E-state index is 4.26. The minimum absolute atomic E-state index is 0.601. The topological polar surface area (TPSA) is 28.2 Å². The molecule has 4 heteroatoms. The molecule has 2 aliphatic heterocycles. The van der Waals surface area contributed by atoms with E-state index in [1.165, 1.54) is 25.7 Å². The molecule has 2 unspecified atom stereocenters. The second-order valence-corrected chi connectivity index (χ2v) is 5.96. The molecule has 0 radical (unpaired) electrons. The van der Waals surface area contributed by atoms with E-state index in [1.54, 1.807) is 0 Å². The summed E-state index contributed by atoms with van der Waals surface area (Å²) in [5.74, 6) is 0. The van der Waals surface area contributed by atoms with E-state index in [2.05, 4.69) is 44.2 Å². The molecule has 3 heterocycles. The average Bonchev–Trinajstić information content (AvgIpc) is 2.55. The van der Waals surface area contributed by atoms with Gasteiger partial charge in [-0.2, -0.15) is 0 Å². The lowest BCUT2D eigenvalue weighted by atomic mass is 9.98. The summed E-state index contributed by atoms with van der Waals surface area (Å²) in [4.78, 5) is 6.82. The summed E-state index contributed by atoms with van der Waals surface area (Å²) < 4.78 is 0.922. The second-order valence-electron chi connectivity index (χ2n) is 5.20. The molecule has 1 N–H and O–H groups in total. The first-order chi connectivity index (χ1) is 8.24. The van der Waals surface area contributed by atoms with E-state index in [9.17, 15) is 0 Å². The Hall–Kier alpha value is -0.610. The van der Waals surface area contributed by atoms with Crippen molar-refractivity contribution in [3.05, 3.63) is 22.9 Å². The van der Waals surface area contributed by atoms with Crippen molar-refractivity contribution in [1.82, 2.24) is 9.88 Å². The largest absolute Gasteiger partial charge is 0.380 e. The van der Waals surface area contributed by atoms with Gasteiger partial charge in [0.15, 0.2) is 0 Å². The van der Waals surface area contributed by atoms with Crippen molar-refractivity contribution >= 4 is 21.6 Å². The lowest BCUT2D eigenvalue weighted by Crippen LogP contribution is -2.44. The van der Waals surface area contributed by atoms with Crippen molar-refractivity contribution in [3.8, 4) is 0 Å². The SMILES string of the molecule is CN1C2CCC1CC(Nc1cccnc1Br)C2. The van der Waals surface area contributed by atoms with Crippen molar-refractivity contribution in [2.45, 2.75) is 43.8 Å². The monoisotopic (exact) mass is 295 g/mol. The molecule has 1 aromatic heterocycles. The molecular formula is C13H18BrN3. The predicted octanol–water partition coefficient (Wildman–Crippen LogP) is 2.88. The molecular weight excluding hydrogens is 278 g/mol. The third kappa shape index (κ3) is 2.20.